The molecule has 2 aromatic carbocycles. The summed E-state index contributed by atoms with van der Waals surface area (Å²) in [6, 6.07) is 16.3. The maximum absolute atomic E-state index is 13.0. The van der Waals surface area contributed by atoms with Crippen molar-refractivity contribution in [1.82, 2.24) is 9.36 Å². The summed E-state index contributed by atoms with van der Waals surface area (Å²) in [5.74, 6) is 0.0805. The number of rotatable bonds is 5. The summed E-state index contributed by atoms with van der Waals surface area (Å²) in [6.45, 7) is 0.230. The highest BCUT2D eigenvalue weighted by molar-refractivity contribution is 7.98. The fourth-order valence-corrected chi connectivity index (χ4v) is 3.51. The van der Waals surface area contributed by atoms with Crippen molar-refractivity contribution in [3.05, 3.63) is 92.0 Å². The number of aliphatic hydroxyl groups excluding tert-OH is 1. The van der Waals surface area contributed by atoms with Crippen LogP contribution in [0.4, 0.5) is 0 Å². The molecular formula is C20H21N2O3S+. The highest BCUT2D eigenvalue weighted by Crippen LogP contribution is 2.08. The third-order valence-corrected chi connectivity index (χ3v) is 4.75. The summed E-state index contributed by atoms with van der Waals surface area (Å²) in [6.07, 6.45) is 3.94. The van der Waals surface area contributed by atoms with Gasteiger partial charge in [-0.25, -0.2) is 9.36 Å². The summed E-state index contributed by atoms with van der Waals surface area (Å²) in [7, 11) is -0.118. The lowest BCUT2D eigenvalue weighted by Crippen LogP contribution is -2.39. The first-order chi connectivity index (χ1) is 12.5. The van der Waals surface area contributed by atoms with E-state index in [2.05, 4.69) is 0 Å². The molecule has 5 nitrogen and oxygen atoms in total. The predicted molar refractivity (Wildman–Crippen MR) is 108 cm³/mol. The van der Waals surface area contributed by atoms with Crippen LogP contribution in [0.25, 0.3) is 10.8 Å². The third-order valence-electron chi connectivity index (χ3n) is 4.01. The second-order valence-corrected chi connectivity index (χ2v) is 8.24. The Morgan fingerprint density at radius 1 is 0.923 bits per heavy atom. The van der Waals surface area contributed by atoms with Gasteiger partial charge in [0.2, 0.25) is 0 Å². The second-order valence-electron chi connectivity index (χ2n) is 6.25. The number of nitrogens with zero attached hydrogens (tertiary/aromatic N) is 2. The van der Waals surface area contributed by atoms with Crippen molar-refractivity contribution in [1.29, 1.82) is 0 Å². The third kappa shape index (κ3) is 3.75. The number of aliphatic hydroxyl groups is 1. The minimum Gasteiger partial charge on any atom is -0.506 e. The van der Waals surface area contributed by atoms with E-state index in [0.29, 0.717) is 10.8 Å². The quantitative estimate of drug-likeness (QED) is 0.555. The number of hydrogen-bond acceptors (Lipinski definition) is 3. The van der Waals surface area contributed by atoms with Gasteiger partial charge in [0.05, 0.1) is 17.3 Å². The molecule has 0 fully saturated rings. The van der Waals surface area contributed by atoms with Gasteiger partial charge in [0, 0.05) is 10.9 Å². The maximum Gasteiger partial charge on any atom is 0.273 e. The molecule has 0 aliphatic heterocycles. The summed E-state index contributed by atoms with van der Waals surface area (Å²) in [5.41, 5.74) is 0.374. The van der Waals surface area contributed by atoms with Gasteiger partial charge in [-0.1, -0.05) is 42.5 Å². The first-order valence-electron chi connectivity index (χ1n) is 8.20. The zero-order valence-corrected chi connectivity index (χ0v) is 15.6. The molecular weight excluding hydrogens is 348 g/mol. The molecule has 26 heavy (non-hydrogen) atoms. The van der Waals surface area contributed by atoms with Crippen molar-refractivity contribution in [3.63, 3.8) is 0 Å². The second kappa shape index (κ2) is 7.66. The van der Waals surface area contributed by atoms with Crippen molar-refractivity contribution in [3.8, 4) is 0 Å². The Hall–Kier alpha value is -2.73. The average molecular weight is 369 g/mol. The van der Waals surface area contributed by atoms with E-state index in [0.717, 1.165) is 5.56 Å². The highest BCUT2D eigenvalue weighted by Gasteiger charge is 2.15. The molecule has 0 saturated heterocycles. The van der Waals surface area contributed by atoms with Crippen LogP contribution in [0.1, 0.15) is 5.56 Å². The molecule has 134 valence electrons. The standard InChI is InChI=1S/C20H20N2O3S/c1-26(2)14-16(23)13-22-20(25)18-11-7-6-10-17(18)19(24)21(22)12-15-8-4-3-5-9-15/h3-11,14H,12-13H2,1-2H3/p+1/b16-14-. The van der Waals surface area contributed by atoms with Crippen LogP contribution in [0.5, 0.6) is 0 Å². The van der Waals surface area contributed by atoms with E-state index in [4.69, 9.17) is 0 Å². The maximum atomic E-state index is 13.0. The Morgan fingerprint density at radius 3 is 2.04 bits per heavy atom. The largest absolute Gasteiger partial charge is 0.506 e. The van der Waals surface area contributed by atoms with Crippen molar-refractivity contribution < 1.29 is 5.11 Å². The predicted octanol–water partition coefficient (Wildman–Crippen LogP) is 2.49. The molecule has 1 heterocycles. The molecule has 6 heteroatoms. The molecule has 0 spiro atoms. The van der Waals surface area contributed by atoms with Gasteiger partial charge >= 0.3 is 0 Å². The van der Waals surface area contributed by atoms with Crippen LogP contribution in [0.15, 0.2) is 75.4 Å². The van der Waals surface area contributed by atoms with Gasteiger partial charge in [0.1, 0.15) is 19.1 Å². The Bertz CT molecular complexity index is 1070. The van der Waals surface area contributed by atoms with Gasteiger partial charge in [-0.2, -0.15) is 0 Å². The Morgan fingerprint density at radius 2 is 1.46 bits per heavy atom. The Kier molecular flexibility index (Phi) is 5.32. The number of aromatic nitrogens is 2. The van der Waals surface area contributed by atoms with Gasteiger partial charge in [-0.15, -0.1) is 0 Å². The van der Waals surface area contributed by atoms with E-state index >= 15 is 0 Å². The normalized spacial score (nSPS) is 12.0. The van der Waals surface area contributed by atoms with Gasteiger partial charge in [0.15, 0.2) is 11.2 Å². The topological polar surface area (TPSA) is 64.2 Å². The fourth-order valence-electron chi connectivity index (χ4n) is 2.89. The summed E-state index contributed by atoms with van der Waals surface area (Å²) < 4.78 is 2.74. The lowest BCUT2D eigenvalue weighted by atomic mass is 10.2. The average Bonchev–Trinajstić information content (AvgIpc) is 2.63. The minimum absolute atomic E-state index is 0.0308. The van der Waals surface area contributed by atoms with E-state index in [1.54, 1.807) is 29.7 Å². The zero-order valence-electron chi connectivity index (χ0n) is 14.8. The molecule has 0 unspecified atom stereocenters. The zero-order chi connectivity index (χ0) is 18.7. The Labute approximate surface area is 154 Å². The van der Waals surface area contributed by atoms with Crippen molar-refractivity contribution in [2.24, 2.45) is 0 Å². The van der Waals surface area contributed by atoms with Crippen LogP contribution in [0, 0.1) is 0 Å². The molecule has 1 N–H and O–H groups in total. The fraction of sp³-hybridized carbons (Fsp3) is 0.200. The van der Waals surface area contributed by atoms with Crippen LogP contribution in [0.2, 0.25) is 0 Å². The van der Waals surface area contributed by atoms with Crippen LogP contribution >= 0.6 is 0 Å². The molecule has 3 rings (SSSR count). The smallest absolute Gasteiger partial charge is 0.273 e. The van der Waals surface area contributed by atoms with E-state index in [-0.39, 0.29) is 40.9 Å². The minimum atomic E-state index is -0.289. The summed E-state index contributed by atoms with van der Waals surface area (Å²) in [4.78, 5) is 26.0. The van der Waals surface area contributed by atoms with Gasteiger partial charge in [0.25, 0.3) is 11.1 Å². The first kappa shape index (κ1) is 18.1. The first-order valence-corrected chi connectivity index (χ1v) is 10.3. The monoisotopic (exact) mass is 369 g/mol. The summed E-state index contributed by atoms with van der Waals surface area (Å²) >= 11 is 0. The SMILES string of the molecule is C[S+](C)/C=C(\O)Cn1c(=O)c2ccccc2c(=O)n1Cc1ccccc1. The lowest BCUT2D eigenvalue weighted by molar-refractivity contribution is 0.342. The van der Waals surface area contributed by atoms with Crippen LogP contribution in [-0.4, -0.2) is 27.0 Å². The molecule has 0 atom stereocenters. The summed E-state index contributed by atoms with van der Waals surface area (Å²) in [5, 5.41) is 12.7. The van der Waals surface area contributed by atoms with Crippen molar-refractivity contribution >= 4 is 21.7 Å². The van der Waals surface area contributed by atoms with Gasteiger partial charge in [-0.05, 0) is 17.7 Å². The molecule has 0 aliphatic carbocycles. The van der Waals surface area contributed by atoms with E-state index in [1.807, 2.05) is 42.8 Å². The number of benzene rings is 2. The molecule has 1 aromatic heterocycles. The number of fused-ring (bicyclic) bond motifs is 1. The van der Waals surface area contributed by atoms with Crippen LogP contribution in [-0.2, 0) is 24.0 Å². The molecule has 0 amide bonds. The van der Waals surface area contributed by atoms with Crippen LogP contribution < -0.4 is 11.1 Å². The molecule has 0 radical (unpaired) electrons. The van der Waals surface area contributed by atoms with E-state index < -0.39 is 0 Å². The number of hydrogen-bond donors (Lipinski definition) is 1. The van der Waals surface area contributed by atoms with E-state index in [1.165, 1.54) is 9.36 Å². The van der Waals surface area contributed by atoms with Crippen LogP contribution in [0.3, 0.4) is 0 Å². The highest BCUT2D eigenvalue weighted by atomic mass is 32.2. The van der Waals surface area contributed by atoms with Crippen molar-refractivity contribution in [2.75, 3.05) is 12.5 Å². The molecule has 0 bridgehead atoms. The molecule has 0 aliphatic rings. The Balaban J connectivity index is 2.22. The number of allylic oxidation sites excluding steroid dienone is 1. The molecule has 3 aromatic rings. The molecule has 0 saturated carbocycles. The van der Waals surface area contributed by atoms with Gasteiger partial charge < -0.3 is 5.11 Å². The lowest BCUT2D eigenvalue weighted by Gasteiger charge is -2.16. The van der Waals surface area contributed by atoms with Crippen molar-refractivity contribution in [2.45, 2.75) is 13.1 Å². The van der Waals surface area contributed by atoms with E-state index in [9.17, 15) is 14.7 Å². The van der Waals surface area contributed by atoms with Gasteiger partial charge in [-0.3, -0.25) is 9.59 Å².